The van der Waals surface area contributed by atoms with Crippen LogP contribution in [0.1, 0.15) is 19.8 Å². The zero-order valence-electron chi connectivity index (χ0n) is 15.0. The van der Waals surface area contributed by atoms with Gasteiger partial charge in [0.15, 0.2) is 0 Å². The highest BCUT2D eigenvalue weighted by Crippen LogP contribution is 2.32. The third kappa shape index (κ3) is 5.09. The summed E-state index contributed by atoms with van der Waals surface area (Å²) in [5.41, 5.74) is 0.649. The number of carbonyl (C=O) groups excluding carboxylic acids is 2. The highest BCUT2D eigenvalue weighted by Gasteiger charge is 2.22. The van der Waals surface area contributed by atoms with Gasteiger partial charge in [-0.05, 0) is 25.0 Å². The Kier molecular flexibility index (Phi) is 7.06. The van der Waals surface area contributed by atoms with Gasteiger partial charge in [-0.2, -0.15) is 0 Å². The Hall–Kier alpha value is -2.28. The molecule has 0 saturated carbocycles. The van der Waals surface area contributed by atoms with Crippen molar-refractivity contribution in [3.05, 3.63) is 18.2 Å². The van der Waals surface area contributed by atoms with E-state index in [4.69, 9.17) is 14.2 Å². The Balaban J connectivity index is 1.99. The van der Waals surface area contributed by atoms with E-state index in [-0.39, 0.29) is 17.7 Å². The molecule has 1 aromatic rings. The van der Waals surface area contributed by atoms with Gasteiger partial charge in [0.1, 0.15) is 11.5 Å². The number of benzene rings is 1. The Morgan fingerprint density at radius 2 is 1.96 bits per heavy atom. The minimum atomic E-state index is -0.121. The molecule has 0 bridgehead atoms. The SMILES string of the molecule is COc1ccc(N(CCNC(=O)C2CCOCC2)C(C)=O)c(OC)c1. The third-order valence-corrected chi connectivity index (χ3v) is 4.28. The Bertz CT molecular complexity index is 599. The van der Waals surface area contributed by atoms with Crippen molar-refractivity contribution < 1.29 is 23.8 Å². The van der Waals surface area contributed by atoms with Crippen LogP contribution >= 0.6 is 0 Å². The lowest BCUT2D eigenvalue weighted by atomic mass is 9.99. The maximum Gasteiger partial charge on any atom is 0.224 e. The molecule has 0 unspecified atom stereocenters. The Morgan fingerprint density at radius 1 is 1.24 bits per heavy atom. The molecule has 2 amide bonds. The molecule has 1 N–H and O–H groups in total. The van der Waals surface area contributed by atoms with E-state index in [0.717, 1.165) is 12.8 Å². The molecule has 0 radical (unpaired) electrons. The lowest BCUT2D eigenvalue weighted by Gasteiger charge is -2.25. The molecule has 25 heavy (non-hydrogen) atoms. The fourth-order valence-electron chi connectivity index (χ4n) is 2.85. The van der Waals surface area contributed by atoms with E-state index in [1.165, 1.54) is 6.92 Å². The van der Waals surface area contributed by atoms with Crippen molar-refractivity contribution in [1.82, 2.24) is 5.32 Å². The van der Waals surface area contributed by atoms with E-state index in [0.29, 0.717) is 43.5 Å². The number of ether oxygens (including phenoxy) is 3. The van der Waals surface area contributed by atoms with Crippen molar-refractivity contribution in [2.75, 3.05) is 45.4 Å². The average Bonchev–Trinajstić information content (AvgIpc) is 2.65. The highest BCUT2D eigenvalue weighted by molar-refractivity contribution is 5.93. The van der Waals surface area contributed by atoms with Gasteiger partial charge < -0.3 is 24.4 Å². The van der Waals surface area contributed by atoms with E-state index in [2.05, 4.69) is 5.32 Å². The van der Waals surface area contributed by atoms with Crippen LogP contribution < -0.4 is 19.7 Å². The van der Waals surface area contributed by atoms with Crippen LogP contribution in [0.2, 0.25) is 0 Å². The van der Waals surface area contributed by atoms with Crippen molar-refractivity contribution in [3.63, 3.8) is 0 Å². The van der Waals surface area contributed by atoms with E-state index in [9.17, 15) is 9.59 Å². The number of carbonyl (C=O) groups is 2. The molecule has 138 valence electrons. The average molecular weight is 350 g/mol. The fourth-order valence-corrected chi connectivity index (χ4v) is 2.85. The zero-order chi connectivity index (χ0) is 18.2. The molecule has 7 nitrogen and oxygen atoms in total. The third-order valence-electron chi connectivity index (χ3n) is 4.28. The van der Waals surface area contributed by atoms with Crippen LogP contribution in [-0.2, 0) is 14.3 Å². The molecule has 0 aromatic heterocycles. The minimum absolute atomic E-state index is 0.00458. The summed E-state index contributed by atoms with van der Waals surface area (Å²) >= 11 is 0. The lowest BCUT2D eigenvalue weighted by molar-refractivity contribution is -0.127. The van der Waals surface area contributed by atoms with Crippen LogP contribution in [0.25, 0.3) is 0 Å². The van der Waals surface area contributed by atoms with E-state index < -0.39 is 0 Å². The highest BCUT2D eigenvalue weighted by atomic mass is 16.5. The number of rotatable bonds is 7. The summed E-state index contributed by atoms with van der Waals surface area (Å²) in [7, 11) is 3.12. The number of methoxy groups -OCH3 is 2. The summed E-state index contributed by atoms with van der Waals surface area (Å²) in [6, 6.07) is 5.28. The number of amides is 2. The minimum Gasteiger partial charge on any atom is -0.497 e. The Morgan fingerprint density at radius 3 is 2.56 bits per heavy atom. The van der Waals surface area contributed by atoms with Gasteiger partial charge in [0, 0.05) is 45.2 Å². The van der Waals surface area contributed by atoms with Crippen LogP contribution in [0, 0.1) is 5.92 Å². The number of hydrogen-bond acceptors (Lipinski definition) is 5. The smallest absolute Gasteiger partial charge is 0.224 e. The van der Waals surface area contributed by atoms with Gasteiger partial charge in [-0.15, -0.1) is 0 Å². The van der Waals surface area contributed by atoms with Crippen LogP contribution in [0.15, 0.2) is 18.2 Å². The van der Waals surface area contributed by atoms with Crippen molar-refractivity contribution in [2.24, 2.45) is 5.92 Å². The maximum atomic E-state index is 12.2. The quantitative estimate of drug-likeness (QED) is 0.808. The molecule has 2 rings (SSSR count). The van der Waals surface area contributed by atoms with Gasteiger partial charge in [0.25, 0.3) is 0 Å². The molecule has 1 aliphatic heterocycles. The van der Waals surface area contributed by atoms with Gasteiger partial charge in [-0.1, -0.05) is 0 Å². The standard InChI is InChI=1S/C18H26N2O5/c1-13(21)20(16-5-4-15(23-2)12-17(16)24-3)9-8-19-18(22)14-6-10-25-11-7-14/h4-5,12,14H,6-11H2,1-3H3,(H,19,22). The van der Waals surface area contributed by atoms with E-state index >= 15 is 0 Å². The zero-order valence-corrected chi connectivity index (χ0v) is 15.0. The van der Waals surface area contributed by atoms with Crippen molar-refractivity contribution in [2.45, 2.75) is 19.8 Å². The molecule has 0 atom stereocenters. The largest absolute Gasteiger partial charge is 0.497 e. The summed E-state index contributed by atoms with van der Waals surface area (Å²) in [6.45, 7) is 3.49. The first-order valence-corrected chi connectivity index (χ1v) is 8.42. The second kappa shape index (κ2) is 9.27. The van der Waals surface area contributed by atoms with Gasteiger partial charge in [0.05, 0.1) is 19.9 Å². The van der Waals surface area contributed by atoms with Crippen molar-refractivity contribution in [3.8, 4) is 11.5 Å². The van der Waals surface area contributed by atoms with E-state index in [1.54, 1.807) is 37.3 Å². The summed E-state index contributed by atoms with van der Waals surface area (Å²) in [4.78, 5) is 25.8. The summed E-state index contributed by atoms with van der Waals surface area (Å²) in [6.07, 6.45) is 1.49. The molecule has 1 heterocycles. The van der Waals surface area contributed by atoms with Crippen molar-refractivity contribution >= 4 is 17.5 Å². The van der Waals surface area contributed by atoms with Crippen LogP contribution in [0.5, 0.6) is 11.5 Å². The molecule has 1 saturated heterocycles. The topological polar surface area (TPSA) is 77.1 Å². The van der Waals surface area contributed by atoms with Gasteiger partial charge in [-0.25, -0.2) is 0 Å². The van der Waals surface area contributed by atoms with Crippen molar-refractivity contribution in [1.29, 1.82) is 0 Å². The summed E-state index contributed by atoms with van der Waals surface area (Å²) < 4.78 is 15.8. The van der Waals surface area contributed by atoms with E-state index in [1.807, 2.05) is 0 Å². The van der Waals surface area contributed by atoms with Gasteiger partial charge >= 0.3 is 0 Å². The number of nitrogens with one attached hydrogen (secondary N) is 1. The second-order valence-corrected chi connectivity index (χ2v) is 5.89. The lowest BCUT2D eigenvalue weighted by Crippen LogP contribution is -2.40. The normalized spacial score (nSPS) is 14.7. The summed E-state index contributed by atoms with van der Waals surface area (Å²) in [5, 5.41) is 2.91. The summed E-state index contributed by atoms with van der Waals surface area (Å²) in [5.74, 6) is 1.09. The van der Waals surface area contributed by atoms with Crippen LogP contribution in [-0.4, -0.2) is 52.3 Å². The number of anilines is 1. The van der Waals surface area contributed by atoms with Gasteiger partial charge in [-0.3, -0.25) is 9.59 Å². The van der Waals surface area contributed by atoms with Crippen LogP contribution in [0.3, 0.4) is 0 Å². The number of hydrogen-bond donors (Lipinski definition) is 1. The molecule has 1 aromatic carbocycles. The fraction of sp³-hybridized carbons (Fsp3) is 0.556. The molecule has 0 aliphatic carbocycles. The number of nitrogens with zero attached hydrogens (tertiary/aromatic N) is 1. The molecule has 1 fully saturated rings. The van der Waals surface area contributed by atoms with Crippen LogP contribution in [0.4, 0.5) is 5.69 Å². The molecule has 0 spiro atoms. The first-order chi connectivity index (χ1) is 12.1. The first kappa shape index (κ1) is 19.1. The second-order valence-electron chi connectivity index (χ2n) is 5.89. The molecule has 7 heteroatoms. The molecule has 1 aliphatic rings. The Labute approximate surface area is 148 Å². The monoisotopic (exact) mass is 350 g/mol. The van der Waals surface area contributed by atoms with Gasteiger partial charge in [0.2, 0.25) is 11.8 Å². The maximum absolute atomic E-state index is 12.2. The molecular formula is C18H26N2O5. The molecular weight excluding hydrogens is 324 g/mol. The predicted molar refractivity (Wildman–Crippen MR) is 94.1 cm³/mol. The first-order valence-electron chi connectivity index (χ1n) is 8.42. The predicted octanol–water partition coefficient (Wildman–Crippen LogP) is 1.60.